The van der Waals surface area contributed by atoms with E-state index in [2.05, 4.69) is 12.2 Å². The monoisotopic (exact) mass is 261 g/mol. The van der Waals surface area contributed by atoms with E-state index < -0.39 is 0 Å². The topological polar surface area (TPSA) is 38.3 Å². The van der Waals surface area contributed by atoms with Gasteiger partial charge in [-0.25, -0.2) is 4.79 Å². The molecule has 0 unspecified atom stereocenters. The Hall–Kier alpha value is -1.51. The maximum Gasteiger partial charge on any atom is 0.411 e. The van der Waals surface area contributed by atoms with Crippen molar-refractivity contribution in [1.29, 1.82) is 0 Å². The van der Waals surface area contributed by atoms with Crippen molar-refractivity contribution >= 4 is 11.8 Å². The van der Waals surface area contributed by atoms with Crippen molar-refractivity contribution in [1.82, 2.24) is 0 Å². The van der Waals surface area contributed by atoms with Crippen molar-refractivity contribution in [2.45, 2.75) is 52.6 Å². The second-order valence-electron chi connectivity index (χ2n) is 5.58. The highest BCUT2D eigenvalue weighted by molar-refractivity contribution is 5.86. The van der Waals surface area contributed by atoms with Crippen LogP contribution in [0.15, 0.2) is 18.2 Å². The fourth-order valence-electron chi connectivity index (χ4n) is 2.62. The quantitative estimate of drug-likeness (QED) is 0.855. The van der Waals surface area contributed by atoms with Crippen LogP contribution in [0.4, 0.5) is 10.5 Å². The van der Waals surface area contributed by atoms with E-state index in [0.717, 1.165) is 30.5 Å². The Morgan fingerprint density at radius 1 is 1.26 bits per heavy atom. The number of hydrogen-bond acceptors (Lipinski definition) is 2. The number of rotatable bonds is 2. The normalized spacial score (nSPS) is 22.9. The number of anilines is 1. The summed E-state index contributed by atoms with van der Waals surface area (Å²) < 4.78 is 5.55. The lowest BCUT2D eigenvalue weighted by molar-refractivity contribution is 0.0524. The Morgan fingerprint density at radius 2 is 2.00 bits per heavy atom. The third-order valence-electron chi connectivity index (χ3n) is 4.13. The van der Waals surface area contributed by atoms with E-state index >= 15 is 0 Å². The van der Waals surface area contributed by atoms with Crippen molar-refractivity contribution in [2.24, 2.45) is 5.92 Å². The first-order chi connectivity index (χ1) is 9.08. The first-order valence-corrected chi connectivity index (χ1v) is 7.12. The third kappa shape index (κ3) is 3.49. The molecule has 0 saturated heterocycles. The Morgan fingerprint density at radius 3 is 2.74 bits per heavy atom. The van der Waals surface area contributed by atoms with Crippen LogP contribution in [0.1, 0.15) is 43.7 Å². The average molecular weight is 261 g/mol. The molecule has 0 aliphatic heterocycles. The number of carbonyl (C=O) groups excluding carboxylic acids is 1. The van der Waals surface area contributed by atoms with E-state index in [1.807, 2.05) is 32.0 Å². The van der Waals surface area contributed by atoms with Crippen LogP contribution in [-0.2, 0) is 4.74 Å². The first-order valence-electron chi connectivity index (χ1n) is 7.12. The Labute approximate surface area is 115 Å². The fourth-order valence-corrected chi connectivity index (χ4v) is 2.62. The Balaban J connectivity index is 1.95. The summed E-state index contributed by atoms with van der Waals surface area (Å²) in [5.74, 6) is 0.470. The van der Waals surface area contributed by atoms with Crippen LogP contribution >= 0.6 is 0 Å². The highest BCUT2D eigenvalue weighted by Gasteiger charge is 2.24. The lowest BCUT2D eigenvalue weighted by Crippen LogP contribution is -2.30. The lowest BCUT2D eigenvalue weighted by atomic mass is 9.88. The maximum atomic E-state index is 12.0. The molecule has 19 heavy (non-hydrogen) atoms. The zero-order valence-corrected chi connectivity index (χ0v) is 12.0. The molecule has 0 spiro atoms. The molecule has 0 radical (unpaired) electrons. The van der Waals surface area contributed by atoms with Crippen LogP contribution in [0, 0.1) is 19.8 Å². The third-order valence-corrected chi connectivity index (χ3v) is 4.13. The second kappa shape index (κ2) is 6.09. The van der Waals surface area contributed by atoms with Gasteiger partial charge in [0.2, 0.25) is 0 Å². The molecular weight excluding hydrogens is 238 g/mol. The minimum atomic E-state index is -0.326. The summed E-state index contributed by atoms with van der Waals surface area (Å²) in [7, 11) is 0. The standard InChI is InChI=1S/C16H23NO2/c1-11-8-6-9-14(13(11)3)17-16(18)19-15-10-5-4-7-12(15)2/h6,8-9,12,15H,4-5,7,10H2,1-3H3,(H,17,18)/t12-,15+/m1/s1. The molecule has 3 nitrogen and oxygen atoms in total. The minimum absolute atomic E-state index is 0.0684. The maximum absolute atomic E-state index is 12.0. The highest BCUT2D eigenvalue weighted by Crippen LogP contribution is 2.27. The molecule has 2 rings (SSSR count). The van der Waals surface area contributed by atoms with Crippen molar-refractivity contribution in [3.05, 3.63) is 29.3 Å². The van der Waals surface area contributed by atoms with Crippen molar-refractivity contribution in [2.75, 3.05) is 5.32 Å². The minimum Gasteiger partial charge on any atom is -0.446 e. The van der Waals surface area contributed by atoms with Crippen molar-refractivity contribution < 1.29 is 9.53 Å². The van der Waals surface area contributed by atoms with Gasteiger partial charge in [-0.15, -0.1) is 0 Å². The molecule has 1 saturated carbocycles. The largest absolute Gasteiger partial charge is 0.446 e. The summed E-state index contributed by atoms with van der Waals surface area (Å²) in [5.41, 5.74) is 3.11. The molecule has 1 N–H and O–H groups in total. The van der Waals surface area contributed by atoms with E-state index in [1.165, 1.54) is 12.0 Å². The van der Waals surface area contributed by atoms with Gasteiger partial charge < -0.3 is 4.74 Å². The molecule has 3 heteroatoms. The molecule has 1 aliphatic carbocycles. The van der Waals surface area contributed by atoms with Crippen LogP contribution in [0.2, 0.25) is 0 Å². The van der Waals surface area contributed by atoms with Gasteiger partial charge in [0.15, 0.2) is 0 Å². The van der Waals surface area contributed by atoms with Gasteiger partial charge >= 0.3 is 6.09 Å². The van der Waals surface area contributed by atoms with E-state index in [9.17, 15) is 4.79 Å². The summed E-state index contributed by atoms with van der Waals surface area (Å²) in [6.07, 6.45) is 4.29. The number of benzene rings is 1. The molecule has 1 aliphatic rings. The Kier molecular flexibility index (Phi) is 4.46. The van der Waals surface area contributed by atoms with Gasteiger partial charge in [0.25, 0.3) is 0 Å². The second-order valence-corrected chi connectivity index (χ2v) is 5.58. The molecule has 0 bridgehead atoms. The molecule has 1 amide bonds. The van der Waals surface area contributed by atoms with E-state index in [-0.39, 0.29) is 12.2 Å². The Bertz CT molecular complexity index is 456. The molecule has 1 aromatic carbocycles. The molecule has 104 valence electrons. The summed E-state index contributed by atoms with van der Waals surface area (Å²) in [6.45, 7) is 6.21. The molecule has 0 aromatic heterocycles. The van der Waals surface area contributed by atoms with E-state index in [0.29, 0.717) is 5.92 Å². The number of ether oxygens (including phenoxy) is 1. The zero-order chi connectivity index (χ0) is 13.8. The van der Waals surface area contributed by atoms with Gasteiger partial charge in [-0.1, -0.05) is 25.5 Å². The smallest absolute Gasteiger partial charge is 0.411 e. The van der Waals surface area contributed by atoms with Gasteiger partial charge in [0.1, 0.15) is 6.10 Å². The fraction of sp³-hybridized carbons (Fsp3) is 0.562. The average Bonchev–Trinajstić information content (AvgIpc) is 2.38. The van der Waals surface area contributed by atoms with Crippen LogP contribution in [0.5, 0.6) is 0 Å². The molecule has 1 aromatic rings. The van der Waals surface area contributed by atoms with Crippen LogP contribution in [0.25, 0.3) is 0 Å². The first kappa shape index (κ1) is 13.9. The molecule has 0 heterocycles. The molecule has 2 atom stereocenters. The molecule has 1 fully saturated rings. The summed E-state index contributed by atoms with van der Waals surface area (Å²) in [4.78, 5) is 12.0. The van der Waals surface area contributed by atoms with E-state index in [1.54, 1.807) is 0 Å². The van der Waals surface area contributed by atoms with Gasteiger partial charge in [0.05, 0.1) is 0 Å². The number of amides is 1. The SMILES string of the molecule is Cc1cccc(NC(=O)O[C@H]2CCCC[C@H]2C)c1C. The summed E-state index contributed by atoms with van der Waals surface area (Å²) in [5, 5.41) is 2.86. The number of aryl methyl sites for hydroxylation is 1. The predicted molar refractivity (Wildman–Crippen MR) is 77.4 cm³/mol. The van der Waals surface area contributed by atoms with Crippen LogP contribution < -0.4 is 5.32 Å². The number of nitrogens with one attached hydrogen (secondary N) is 1. The predicted octanol–water partition coefficient (Wildman–Crippen LogP) is 4.43. The van der Waals surface area contributed by atoms with E-state index in [4.69, 9.17) is 4.74 Å². The van der Waals surface area contributed by atoms with Gasteiger partial charge in [-0.3, -0.25) is 5.32 Å². The van der Waals surface area contributed by atoms with Gasteiger partial charge in [0, 0.05) is 5.69 Å². The van der Waals surface area contributed by atoms with Crippen molar-refractivity contribution in [3.8, 4) is 0 Å². The van der Waals surface area contributed by atoms with Gasteiger partial charge in [-0.2, -0.15) is 0 Å². The van der Waals surface area contributed by atoms with Crippen molar-refractivity contribution in [3.63, 3.8) is 0 Å². The summed E-state index contributed by atoms with van der Waals surface area (Å²) >= 11 is 0. The van der Waals surface area contributed by atoms with Crippen LogP contribution in [0.3, 0.4) is 0 Å². The summed E-state index contributed by atoms with van der Waals surface area (Å²) in [6, 6.07) is 5.89. The highest BCUT2D eigenvalue weighted by atomic mass is 16.6. The van der Waals surface area contributed by atoms with Crippen LogP contribution in [-0.4, -0.2) is 12.2 Å². The number of hydrogen-bond donors (Lipinski definition) is 1. The number of carbonyl (C=O) groups is 1. The zero-order valence-electron chi connectivity index (χ0n) is 12.0. The van der Waals surface area contributed by atoms with Gasteiger partial charge in [-0.05, 0) is 56.2 Å². The molecular formula is C16H23NO2. The lowest BCUT2D eigenvalue weighted by Gasteiger charge is -2.28.